The van der Waals surface area contributed by atoms with Gasteiger partial charge in [0.15, 0.2) is 0 Å². The smallest absolute Gasteiger partial charge is 0.227 e. The van der Waals surface area contributed by atoms with Crippen molar-refractivity contribution in [1.82, 2.24) is 10.3 Å². The average molecular weight is 440 g/mol. The molecule has 2 aromatic carbocycles. The molecule has 4 rings (SSSR count). The third-order valence-corrected chi connectivity index (χ3v) is 6.26. The van der Waals surface area contributed by atoms with Gasteiger partial charge >= 0.3 is 0 Å². The number of carbonyl (C=O) groups excluding carboxylic acids is 2. The highest BCUT2D eigenvalue weighted by Crippen LogP contribution is 2.31. The summed E-state index contributed by atoms with van der Waals surface area (Å²) in [5.74, 6) is 0.167. The molecular formula is C23H22ClN3O2S. The largest absolute Gasteiger partial charge is 0.349 e. The van der Waals surface area contributed by atoms with E-state index < -0.39 is 0 Å². The van der Waals surface area contributed by atoms with Crippen molar-refractivity contribution in [2.45, 2.75) is 32.2 Å². The van der Waals surface area contributed by atoms with E-state index in [1.54, 1.807) is 0 Å². The van der Waals surface area contributed by atoms with Crippen LogP contribution >= 0.6 is 22.9 Å². The van der Waals surface area contributed by atoms with Crippen LogP contribution in [0.2, 0.25) is 5.02 Å². The van der Waals surface area contributed by atoms with Gasteiger partial charge in [-0.15, -0.1) is 11.3 Å². The van der Waals surface area contributed by atoms with Crippen LogP contribution in [-0.4, -0.2) is 16.8 Å². The minimum atomic E-state index is -0.146. The van der Waals surface area contributed by atoms with E-state index in [2.05, 4.69) is 15.6 Å². The summed E-state index contributed by atoms with van der Waals surface area (Å²) in [6.07, 6.45) is 2.17. The first-order valence-electron chi connectivity index (χ1n) is 9.89. The van der Waals surface area contributed by atoms with Crippen molar-refractivity contribution >= 4 is 40.4 Å². The summed E-state index contributed by atoms with van der Waals surface area (Å²) >= 11 is 7.71. The van der Waals surface area contributed by atoms with E-state index in [1.807, 2.05) is 60.8 Å². The van der Waals surface area contributed by atoms with Crippen LogP contribution in [0, 0.1) is 5.92 Å². The first-order valence-corrected chi connectivity index (χ1v) is 11.1. The zero-order valence-electron chi connectivity index (χ0n) is 16.5. The zero-order valence-corrected chi connectivity index (χ0v) is 18.1. The number of aromatic nitrogens is 1. The minimum absolute atomic E-state index is 0.0866. The number of thiazole rings is 1. The summed E-state index contributed by atoms with van der Waals surface area (Å²) in [6.45, 7) is 1.94. The molecule has 1 unspecified atom stereocenters. The molecule has 3 aromatic rings. The van der Waals surface area contributed by atoms with Gasteiger partial charge in [-0.2, -0.15) is 0 Å². The second-order valence-electron chi connectivity index (χ2n) is 7.48. The summed E-state index contributed by atoms with van der Waals surface area (Å²) in [5, 5.41) is 9.27. The number of halogens is 1. The molecule has 1 atom stereocenters. The fourth-order valence-electron chi connectivity index (χ4n) is 3.13. The summed E-state index contributed by atoms with van der Waals surface area (Å²) in [6, 6.07) is 15.0. The van der Waals surface area contributed by atoms with Crippen molar-refractivity contribution in [2.24, 2.45) is 5.92 Å². The Bertz CT molecular complexity index is 1060. The molecule has 2 amide bonds. The lowest BCUT2D eigenvalue weighted by Crippen LogP contribution is -2.28. The molecule has 154 valence electrons. The van der Waals surface area contributed by atoms with Gasteiger partial charge in [-0.1, -0.05) is 41.9 Å². The predicted molar refractivity (Wildman–Crippen MR) is 121 cm³/mol. The van der Waals surface area contributed by atoms with E-state index in [1.165, 1.54) is 11.3 Å². The lowest BCUT2D eigenvalue weighted by atomic mass is 10.1. The second kappa shape index (κ2) is 8.98. The SMILES string of the molecule is CC(NC(=O)Cc1csc(-c2ccccc2Cl)n1)c1ccc(NC(=O)C2CC2)cc1. The normalized spacial score (nSPS) is 14.2. The molecule has 30 heavy (non-hydrogen) atoms. The van der Waals surface area contributed by atoms with E-state index in [9.17, 15) is 9.59 Å². The predicted octanol–water partition coefficient (Wildman–Crippen LogP) is 5.23. The molecule has 5 nitrogen and oxygen atoms in total. The van der Waals surface area contributed by atoms with Crippen LogP contribution in [0.1, 0.15) is 37.1 Å². The van der Waals surface area contributed by atoms with Gasteiger partial charge in [0.05, 0.1) is 23.2 Å². The number of nitrogens with one attached hydrogen (secondary N) is 2. The molecule has 1 fully saturated rings. The molecule has 0 saturated heterocycles. The average Bonchev–Trinajstić information content (AvgIpc) is 3.49. The highest BCUT2D eigenvalue weighted by Gasteiger charge is 2.29. The lowest BCUT2D eigenvalue weighted by molar-refractivity contribution is -0.121. The Labute approximate surface area is 184 Å². The van der Waals surface area contributed by atoms with E-state index in [0.29, 0.717) is 5.02 Å². The van der Waals surface area contributed by atoms with Gasteiger partial charge in [0.2, 0.25) is 11.8 Å². The fourth-order valence-corrected chi connectivity index (χ4v) is 4.27. The molecule has 1 aliphatic rings. The molecule has 1 aliphatic carbocycles. The van der Waals surface area contributed by atoms with Crippen LogP contribution in [0.3, 0.4) is 0 Å². The van der Waals surface area contributed by atoms with Crippen molar-refractivity contribution in [3.8, 4) is 10.6 Å². The molecule has 0 spiro atoms. The molecule has 1 saturated carbocycles. The maximum absolute atomic E-state index is 12.5. The number of carbonyl (C=O) groups is 2. The third-order valence-electron chi connectivity index (χ3n) is 5.00. The molecule has 0 aliphatic heterocycles. The second-order valence-corrected chi connectivity index (χ2v) is 8.74. The van der Waals surface area contributed by atoms with Crippen molar-refractivity contribution in [3.05, 3.63) is 70.2 Å². The van der Waals surface area contributed by atoms with Crippen molar-refractivity contribution in [3.63, 3.8) is 0 Å². The van der Waals surface area contributed by atoms with Crippen LogP contribution < -0.4 is 10.6 Å². The lowest BCUT2D eigenvalue weighted by Gasteiger charge is -2.15. The Balaban J connectivity index is 1.32. The number of nitrogens with zero attached hydrogens (tertiary/aromatic N) is 1. The molecule has 1 aromatic heterocycles. The van der Waals surface area contributed by atoms with Crippen molar-refractivity contribution in [1.29, 1.82) is 0 Å². The fraction of sp³-hybridized carbons (Fsp3) is 0.261. The number of benzene rings is 2. The quantitative estimate of drug-likeness (QED) is 0.529. The first kappa shape index (κ1) is 20.6. The van der Waals surface area contributed by atoms with Crippen LogP contribution in [-0.2, 0) is 16.0 Å². The Morgan fingerprint density at radius 1 is 1.17 bits per heavy atom. The standard InChI is InChI=1S/C23H22ClN3O2S/c1-14(15-8-10-17(11-9-15)26-22(29)16-6-7-16)25-21(28)12-18-13-30-23(27-18)19-4-2-3-5-20(19)24/h2-5,8-11,13-14,16H,6-7,12H2,1H3,(H,25,28)(H,26,29). The Kier molecular flexibility index (Phi) is 6.16. The van der Waals surface area contributed by atoms with Crippen LogP contribution in [0.25, 0.3) is 10.6 Å². The van der Waals surface area contributed by atoms with Gasteiger partial charge in [-0.3, -0.25) is 9.59 Å². The summed E-state index contributed by atoms with van der Waals surface area (Å²) in [7, 11) is 0. The number of amides is 2. The van der Waals surface area contributed by atoms with Crippen molar-refractivity contribution < 1.29 is 9.59 Å². The summed E-state index contributed by atoms with van der Waals surface area (Å²) < 4.78 is 0. The molecule has 7 heteroatoms. The van der Waals surface area contributed by atoms with Gasteiger partial charge < -0.3 is 10.6 Å². The molecule has 1 heterocycles. The van der Waals surface area contributed by atoms with Crippen LogP contribution in [0.4, 0.5) is 5.69 Å². The maximum Gasteiger partial charge on any atom is 0.227 e. The maximum atomic E-state index is 12.5. The molecule has 0 radical (unpaired) electrons. The van der Waals surface area contributed by atoms with Gasteiger partial charge in [0, 0.05) is 22.5 Å². The number of hydrogen-bond donors (Lipinski definition) is 2. The van der Waals surface area contributed by atoms with E-state index >= 15 is 0 Å². The topological polar surface area (TPSA) is 71.1 Å². The monoisotopic (exact) mass is 439 g/mol. The summed E-state index contributed by atoms with van der Waals surface area (Å²) in [4.78, 5) is 28.9. The first-order chi connectivity index (χ1) is 14.5. The van der Waals surface area contributed by atoms with Gasteiger partial charge in [-0.25, -0.2) is 4.98 Å². The van der Waals surface area contributed by atoms with E-state index in [-0.39, 0.29) is 30.2 Å². The minimum Gasteiger partial charge on any atom is -0.349 e. The van der Waals surface area contributed by atoms with Gasteiger partial charge in [0.1, 0.15) is 5.01 Å². The van der Waals surface area contributed by atoms with E-state index in [0.717, 1.165) is 40.4 Å². The Morgan fingerprint density at radius 2 is 1.90 bits per heavy atom. The molecular weight excluding hydrogens is 418 g/mol. The zero-order chi connectivity index (χ0) is 21.1. The Morgan fingerprint density at radius 3 is 2.60 bits per heavy atom. The number of anilines is 1. The van der Waals surface area contributed by atoms with Gasteiger partial charge in [0.25, 0.3) is 0 Å². The highest BCUT2D eigenvalue weighted by atomic mass is 35.5. The van der Waals surface area contributed by atoms with Crippen LogP contribution in [0.15, 0.2) is 53.9 Å². The highest BCUT2D eigenvalue weighted by molar-refractivity contribution is 7.13. The van der Waals surface area contributed by atoms with Crippen molar-refractivity contribution in [2.75, 3.05) is 5.32 Å². The molecule has 0 bridgehead atoms. The summed E-state index contributed by atoms with van der Waals surface area (Å²) in [5.41, 5.74) is 3.35. The van der Waals surface area contributed by atoms with Crippen LogP contribution in [0.5, 0.6) is 0 Å². The number of rotatable bonds is 7. The van der Waals surface area contributed by atoms with E-state index in [4.69, 9.17) is 11.6 Å². The third kappa shape index (κ3) is 5.07. The molecule has 2 N–H and O–H groups in total. The number of hydrogen-bond acceptors (Lipinski definition) is 4. The Hall–Kier alpha value is -2.70. The van der Waals surface area contributed by atoms with Gasteiger partial charge in [-0.05, 0) is 43.5 Å².